The summed E-state index contributed by atoms with van der Waals surface area (Å²) >= 11 is 5.09. The fraction of sp³-hybridized carbons (Fsp3) is 0.192. The number of hydrogen-bond acceptors (Lipinski definition) is 5. The number of amides is 2. The highest BCUT2D eigenvalue weighted by molar-refractivity contribution is 7.80. The van der Waals surface area contributed by atoms with Gasteiger partial charge in [-0.15, -0.1) is 0 Å². The molecular weight excluding hydrogens is 450 g/mol. The largest absolute Gasteiger partial charge is 0.491 e. The number of benzene rings is 3. The molecule has 0 aromatic heterocycles. The normalized spacial score (nSPS) is 11.1. The van der Waals surface area contributed by atoms with Crippen LogP contribution in [0.25, 0.3) is 11.1 Å². The SMILES string of the molecule is CCC(C)Oc1ccc(C(=O)NC(=S)NNC(=O)COc2ccccc2-c2ccccc2)cc1. The summed E-state index contributed by atoms with van der Waals surface area (Å²) in [4.78, 5) is 24.5. The molecule has 0 fully saturated rings. The average Bonchev–Trinajstić information content (AvgIpc) is 2.87. The standard InChI is InChI=1S/C26H27N3O4S/c1-3-18(2)33-21-15-13-20(14-16-21)25(31)27-26(34)29-28-24(30)17-32-23-12-8-7-11-22(23)19-9-5-4-6-10-19/h4-16,18H,3,17H2,1-2H3,(H,28,30)(H2,27,29,31,34). The van der Waals surface area contributed by atoms with Gasteiger partial charge in [0, 0.05) is 11.1 Å². The Bertz CT molecular complexity index is 1120. The molecule has 0 bridgehead atoms. The van der Waals surface area contributed by atoms with Gasteiger partial charge in [0.1, 0.15) is 11.5 Å². The first-order chi connectivity index (χ1) is 16.5. The molecule has 0 spiro atoms. The van der Waals surface area contributed by atoms with Crippen LogP contribution in [-0.2, 0) is 4.79 Å². The fourth-order valence-electron chi connectivity index (χ4n) is 2.96. The summed E-state index contributed by atoms with van der Waals surface area (Å²) in [5, 5.41) is 2.47. The van der Waals surface area contributed by atoms with Gasteiger partial charge in [0.05, 0.1) is 6.10 Å². The number of thiocarbonyl (C=S) groups is 1. The summed E-state index contributed by atoms with van der Waals surface area (Å²) in [6, 6.07) is 24.0. The number of hydrogen-bond donors (Lipinski definition) is 3. The highest BCUT2D eigenvalue weighted by Gasteiger charge is 2.11. The molecule has 3 aromatic rings. The second-order valence-electron chi connectivity index (χ2n) is 7.47. The van der Waals surface area contributed by atoms with Gasteiger partial charge in [-0.3, -0.25) is 25.8 Å². The zero-order chi connectivity index (χ0) is 24.3. The van der Waals surface area contributed by atoms with Crippen molar-refractivity contribution in [2.24, 2.45) is 0 Å². The molecular formula is C26H27N3O4S. The molecule has 34 heavy (non-hydrogen) atoms. The molecule has 7 nitrogen and oxygen atoms in total. The van der Waals surface area contributed by atoms with E-state index in [1.165, 1.54) is 0 Å². The maximum atomic E-state index is 12.4. The molecule has 0 heterocycles. The van der Waals surface area contributed by atoms with Crippen LogP contribution >= 0.6 is 12.2 Å². The smallest absolute Gasteiger partial charge is 0.276 e. The molecule has 0 radical (unpaired) electrons. The van der Waals surface area contributed by atoms with Crippen LogP contribution in [0.1, 0.15) is 30.6 Å². The van der Waals surface area contributed by atoms with E-state index in [1.807, 2.05) is 62.4 Å². The number of rotatable bonds is 8. The van der Waals surface area contributed by atoms with Gasteiger partial charge in [0.15, 0.2) is 11.7 Å². The molecule has 2 amide bonds. The van der Waals surface area contributed by atoms with Gasteiger partial charge >= 0.3 is 0 Å². The van der Waals surface area contributed by atoms with E-state index >= 15 is 0 Å². The van der Waals surface area contributed by atoms with Gasteiger partial charge in [0.25, 0.3) is 11.8 Å². The van der Waals surface area contributed by atoms with Gasteiger partial charge in [-0.25, -0.2) is 0 Å². The van der Waals surface area contributed by atoms with Crippen LogP contribution in [0.5, 0.6) is 11.5 Å². The number of hydrazine groups is 1. The summed E-state index contributed by atoms with van der Waals surface area (Å²) in [5.74, 6) is 0.411. The fourth-order valence-corrected chi connectivity index (χ4v) is 3.11. The van der Waals surface area contributed by atoms with Crippen molar-refractivity contribution in [2.45, 2.75) is 26.4 Å². The number of para-hydroxylation sites is 1. The van der Waals surface area contributed by atoms with Crippen molar-refractivity contribution in [3.05, 3.63) is 84.4 Å². The predicted octanol–water partition coefficient (Wildman–Crippen LogP) is 4.25. The molecule has 3 rings (SSSR count). The summed E-state index contributed by atoms with van der Waals surface area (Å²) < 4.78 is 11.4. The third-order valence-electron chi connectivity index (χ3n) is 4.90. The van der Waals surface area contributed by atoms with E-state index in [0.29, 0.717) is 17.1 Å². The van der Waals surface area contributed by atoms with E-state index < -0.39 is 11.8 Å². The zero-order valence-electron chi connectivity index (χ0n) is 19.0. The molecule has 1 atom stereocenters. The van der Waals surface area contributed by atoms with E-state index in [1.54, 1.807) is 30.3 Å². The first-order valence-electron chi connectivity index (χ1n) is 10.9. The van der Waals surface area contributed by atoms with Gasteiger partial charge in [0.2, 0.25) is 0 Å². The molecule has 3 N–H and O–H groups in total. The Hall–Kier alpha value is -3.91. The number of nitrogens with one attached hydrogen (secondary N) is 3. The molecule has 176 valence electrons. The molecule has 3 aromatic carbocycles. The van der Waals surface area contributed by atoms with E-state index in [-0.39, 0.29) is 17.8 Å². The van der Waals surface area contributed by atoms with Gasteiger partial charge < -0.3 is 9.47 Å². The highest BCUT2D eigenvalue weighted by Crippen LogP contribution is 2.29. The first kappa shape index (κ1) is 24.7. The lowest BCUT2D eigenvalue weighted by Gasteiger charge is -2.14. The molecule has 0 aliphatic carbocycles. The summed E-state index contributed by atoms with van der Waals surface area (Å²) in [5.41, 5.74) is 7.20. The van der Waals surface area contributed by atoms with Crippen molar-refractivity contribution in [1.29, 1.82) is 0 Å². The molecule has 8 heteroatoms. The van der Waals surface area contributed by atoms with Gasteiger partial charge in [-0.1, -0.05) is 55.5 Å². The lowest BCUT2D eigenvalue weighted by Crippen LogP contribution is -2.49. The average molecular weight is 478 g/mol. The zero-order valence-corrected chi connectivity index (χ0v) is 19.9. The summed E-state index contributed by atoms with van der Waals surface area (Å²) in [7, 11) is 0. The maximum Gasteiger partial charge on any atom is 0.276 e. The quantitative estimate of drug-likeness (QED) is 0.332. The van der Waals surface area contributed by atoms with Crippen molar-refractivity contribution in [2.75, 3.05) is 6.61 Å². The Balaban J connectivity index is 1.45. The Morgan fingerprint density at radius 3 is 2.29 bits per heavy atom. The topological polar surface area (TPSA) is 88.7 Å². The van der Waals surface area contributed by atoms with Crippen LogP contribution in [-0.4, -0.2) is 29.6 Å². The van der Waals surface area contributed by atoms with E-state index in [0.717, 1.165) is 17.5 Å². The highest BCUT2D eigenvalue weighted by atomic mass is 32.1. The second kappa shape index (κ2) is 12.4. The van der Waals surface area contributed by atoms with E-state index in [9.17, 15) is 9.59 Å². The molecule has 0 aliphatic heterocycles. The first-order valence-corrected chi connectivity index (χ1v) is 11.3. The Labute approximate surface area is 204 Å². The third kappa shape index (κ3) is 7.31. The lowest BCUT2D eigenvalue weighted by atomic mass is 10.1. The summed E-state index contributed by atoms with van der Waals surface area (Å²) in [6.07, 6.45) is 0.981. The Kier molecular flexibility index (Phi) is 8.99. The van der Waals surface area contributed by atoms with Crippen LogP contribution in [0.2, 0.25) is 0 Å². The lowest BCUT2D eigenvalue weighted by molar-refractivity contribution is -0.123. The Morgan fingerprint density at radius 1 is 0.912 bits per heavy atom. The van der Waals surface area contributed by atoms with Gasteiger partial charge in [-0.2, -0.15) is 0 Å². The monoisotopic (exact) mass is 477 g/mol. The molecule has 0 saturated carbocycles. The van der Waals surface area contributed by atoms with E-state index in [2.05, 4.69) is 16.2 Å². The number of ether oxygens (including phenoxy) is 2. The van der Waals surface area contributed by atoms with Crippen LogP contribution in [0.4, 0.5) is 0 Å². The van der Waals surface area contributed by atoms with Crippen molar-refractivity contribution in [1.82, 2.24) is 16.2 Å². The minimum absolute atomic E-state index is 0.0389. The predicted molar refractivity (Wildman–Crippen MR) is 136 cm³/mol. The molecule has 1 unspecified atom stereocenters. The maximum absolute atomic E-state index is 12.4. The minimum Gasteiger partial charge on any atom is -0.491 e. The van der Waals surface area contributed by atoms with Gasteiger partial charge in [-0.05, 0) is 61.5 Å². The van der Waals surface area contributed by atoms with Crippen molar-refractivity contribution in [3.8, 4) is 22.6 Å². The van der Waals surface area contributed by atoms with E-state index in [4.69, 9.17) is 21.7 Å². The minimum atomic E-state index is -0.453. The molecule has 0 aliphatic rings. The second-order valence-corrected chi connectivity index (χ2v) is 7.88. The van der Waals surface area contributed by atoms with Crippen LogP contribution < -0.4 is 25.6 Å². The van der Waals surface area contributed by atoms with Crippen molar-refractivity contribution >= 4 is 29.1 Å². The van der Waals surface area contributed by atoms with Crippen LogP contribution in [0.3, 0.4) is 0 Å². The van der Waals surface area contributed by atoms with Crippen molar-refractivity contribution < 1.29 is 19.1 Å². The molecule has 0 saturated heterocycles. The van der Waals surface area contributed by atoms with Crippen LogP contribution in [0, 0.1) is 0 Å². The third-order valence-corrected chi connectivity index (χ3v) is 5.11. The van der Waals surface area contributed by atoms with Crippen molar-refractivity contribution in [3.63, 3.8) is 0 Å². The summed E-state index contributed by atoms with van der Waals surface area (Å²) in [6.45, 7) is 3.78. The number of carbonyl (C=O) groups is 2. The van der Waals surface area contributed by atoms with Crippen LogP contribution in [0.15, 0.2) is 78.9 Å². The number of carbonyl (C=O) groups excluding carboxylic acids is 2. The Morgan fingerprint density at radius 2 is 1.59 bits per heavy atom.